The molecule has 2 unspecified atom stereocenters. The first-order valence-electron chi connectivity index (χ1n) is 8.51. The second-order valence-electron chi connectivity index (χ2n) is 6.57. The fraction of sp³-hybridized carbons (Fsp3) is 0.474. The van der Waals surface area contributed by atoms with E-state index < -0.39 is 0 Å². The molecule has 1 N–H and O–H groups in total. The van der Waals surface area contributed by atoms with Gasteiger partial charge in [-0.2, -0.15) is 0 Å². The number of hydrogen-bond donors (Lipinski definition) is 1. The van der Waals surface area contributed by atoms with Crippen molar-refractivity contribution in [1.82, 2.24) is 14.9 Å². The highest BCUT2D eigenvalue weighted by Gasteiger charge is 2.24. The van der Waals surface area contributed by atoms with Gasteiger partial charge in [-0.15, -0.1) is 0 Å². The van der Waals surface area contributed by atoms with Crippen molar-refractivity contribution < 1.29 is 4.79 Å². The number of aryl methyl sites for hydroxylation is 2. The number of nitrogens with one attached hydrogen (secondary N) is 1. The summed E-state index contributed by atoms with van der Waals surface area (Å²) < 4.78 is 2.16. The van der Waals surface area contributed by atoms with E-state index in [-0.39, 0.29) is 11.9 Å². The van der Waals surface area contributed by atoms with Gasteiger partial charge in [0.1, 0.15) is 11.5 Å². The third-order valence-electron chi connectivity index (χ3n) is 4.84. The third kappa shape index (κ3) is 3.31. The Balaban J connectivity index is 1.77. The summed E-state index contributed by atoms with van der Waals surface area (Å²) in [7, 11) is 0. The van der Waals surface area contributed by atoms with E-state index in [1.54, 1.807) is 0 Å². The van der Waals surface area contributed by atoms with E-state index in [4.69, 9.17) is 0 Å². The zero-order valence-corrected chi connectivity index (χ0v) is 14.2. The van der Waals surface area contributed by atoms with E-state index in [2.05, 4.69) is 53.0 Å². The molecule has 1 aromatic heterocycles. The number of benzene rings is 1. The molecule has 1 aromatic carbocycles. The van der Waals surface area contributed by atoms with Crippen LogP contribution >= 0.6 is 0 Å². The maximum atomic E-state index is 12.3. The van der Waals surface area contributed by atoms with Gasteiger partial charge in [-0.1, -0.05) is 31.2 Å². The lowest BCUT2D eigenvalue weighted by Gasteiger charge is -2.25. The van der Waals surface area contributed by atoms with Crippen molar-refractivity contribution in [2.75, 3.05) is 0 Å². The van der Waals surface area contributed by atoms with Gasteiger partial charge in [0.25, 0.3) is 5.91 Å². The Kier molecular flexibility index (Phi) is 4.51. The average molecular weight is 311 g/mol. The van der Waals surface area contributed by atoms with Gasteiger partial charge in [0.05, 0.1) is 0 Å². The molecule has 122 valence electrons. The molecule has 4 heteroatoms. The van der Waals surface area contributed by atoms with Crippen LogP contribution in [0.25, 0.3) is 0 Å². The quantitative estimate of drug-likeness (QED) is 0.940. The number of rotatable bonds is 4. The standard InChI is InChI=1S/C19H25N3O/c1-4-14(3)20-19(23)17-12-22-11-15(9-10-18(22)21-17)16-8-6-5-7-13(16)2/h5-8,12,14-15H,4,9-11H2,1-3H3,(H,20,23). The molecule has 2 aromatic rings. The van der Waals surface area contributed by atoms with E-state index in [0.29, 0.717) is 11.6 Å². The molecule has 0 aliphatic carbocycles. The van der Waals surface area contributed by atoms with E-state index in [1.165, 1.54) is 11.1 Å². The fourth-order valence-electron chi connectivity index (χ4n) is 3.25. The Morgan fingerprint density at radius 3 is 2.96 bits per heavy atom. The van der Waals surface area contributed by atoms with Crippen LogP contribution < -0.4 is 5.32 Å². The average Bonchev–Trinajstić information content (AvgIpc) is 2.98. The van der Waals surface area contributed by atoms with Crippen molar-refractivity contribution >= 4 is 5.91 Å². The summed E-state index contributed by atoms with van der Waals surface area (Å²) in [4.78, 5) is 16.8. The number of amides is 1. The number of fused-ring (bicyclic) bond motifs is 1. The van der Waals surface area contributed by atoms with Crippen LogP contribution in [0, 0.1) is 6.92 Å². The van der Waals surface area contributed by atoms with E-state index in [9.17, 15) is 4.79 Å². The molecule has 0 fully saturated rings. The molecule has 3 rings (SSSR count). The summed E-state index contributed by atoms with van der Waals surface area (Å²) in [5.74, 6) is 1.47. The first-order chi connectivity index (χ1) is 11.1. The predicted octanol–water partition coefficient (Wildman–Crippen LogP) is 3.45. The summed E-state index contributed by atoms with van der Waals surface area (Å²) in [6.45, 7) is 7.16. The number of hydrogen-bond acceptors (Lipinski definition) is 2. The molecule has 1 aliphatic heterocycles. The lowest BCUT2D eigenvalue weighted by atomic mass is 9.89. The Hall–Kier alpha value is -2.10. The Labute approximate surface area is 137 Å². The first-order valence-corrected chi connectivity index (χ1v) is 8.51. The number of aromatic nitrogens is 2. The second kappa shape index (κ2) is 6.57. The molecular formula is C19H25N3O. The number of imidazole rings is 1. The molecule has 2 heterocycles. The first kappa shape index (κ1) is 15.8. The van der Waals surface area contributed by atoms with Crippen LogP contribution in [0.5, 0.6) is 0 Å². The zero-order chi connectivity index (χ0) is 16.4. The van der Waals surface area contributed by atoms with Gasteiger partial charge < -0.3 is 9.88 Å². The van der Waals surface area contributed by atoms with Crippen LogP contribution in [0.4, 0.5) is 0 Å². The largest absolute Gasteiger partial charge is 0.348 e. The summed E-state index contributed by atoms with van der Waals surface area (Å²) >= 11 is 0. The smallest absolute Gasteiger partial charge is 0.271 e. The van der Waals surface area contributed by atoms with E-state index in [1.807, 2.05) is 13.1 Å². The lowest BCUT2D eigenvalue weighted by Crippen LogP contribution is -2.32. The van der Waals surface area contributed by atoms with Crippen LogP contribution in [-0.2, 0) is 13.0 Å². The molecule has 23 heavy (non-hydrogen) atoms. The minimum atomic E-state index is -0.0614. The Bertz CT molecular complexity index is 704. The van der Waals surface area contributed by atoms with Crippen LogP contribution in [-0.4, -0.2) is 21.5 Å². The summed E-state index contributed by atoms with van der Waals surface area (Å²) in [6.07, 6.45) is 4.86. The summed E-state index contributed by atoms with van der Waals surface area (Å²) in [6, 6.07) is 8.77. The minimum absolute atomic E-state index is 0.0614. The highest BCUT2D eigenvalue weighted by molar-refractivity contribution is 5.92. The maximum absolute atomic E-state index is 12.3. The molecule has 1 amide bonds. The monoisotopic (exact) mass is 311 g/mol. The fourth-order valence-corrected chi connectivity index (χ4v) is 3.25. The van der Waals surface area contributed by atoms with Gasteiger partial charge in [0.15, 0.2) is 0 Å². The molecule has 4 nitrogen and oxygen atoms in total. The SMILES string of the molecule is CCC(C)NC(=O)c1cn2c(n1)CCC(c1ccccc1C)C2. The van der Waals surface area contributed by atoms with Gasteiger partial charge in [-0.05, 0) is 37.8 Å². The second-order valence-corrected chi connectivity index (χ2v) is 6.57. The van der Waals surface area contributed by atoms with Crippen LogP contribution in [0.2, 0.25) is 0 Å². The van der Waals surface area contributed by atoms with Crippen molar-refractivity contribution in [1.29, 1.82) is 0 Å². The van der Waals surface area contributed by atoms with Crippen LogP contribution in [0.15, 0.2) is 30.5 Å². The van der Waals surface area contributed by atoms with Gasteiger partial charge in [0, 0.05) is 31.1 Å². The highest BCUT2D eigenvalue weighted by Crippen LogP contribution is 2.30. The van der Waals surface area contributed by atoms with E-state index >= 15 is 0 Å². The van der Waals surface area contributed by atoms with Crippen molar-refractivity contribution in [3.63, 3.8) is 0 Å². The molecule has 1 aliphatic rings. The van der Waals surface area contributed by atoms with Gasteiger partial charge in [0.2, 0.25) is 0 Å². The molecule has 0 radical (unpaired) electrons. The normalized spacial score (nSPS) is 18.3. The predicted molar refractivity (Wildman–Crippen MR) is 91.7 cm³/mol. The molecule has 0 saturated heterocycles. The van der Waals surface area contributed by atoms with E-state index in [0.717, 1.165) is 31.6 Å². The lowest BCUT2D eigenvalue weighted by molar-refractivity contribution is 0.0934. The molecule has 0 spiro atoms. The molecule has 2 atom stereocenters. The van der Waals surface area contributed by atoms with Crippen molar-refractivity contribution in [3.05, 3.63) is 53.1 Å². The van der Waals surface area contributed by atoms with Crippen LogP contribution in [0.1, 0.15) is 60.0 Å². The zero-order valence-electron chi connectivity index (χ0n) is 14.2. The van der Waals surface area contributed by atoms with Gasteiger partial charge >= 0.3 is 0 Å². The topological polar surface area (TPSA) is 46.9 Å². The van der Waals surface area contributed by atoms with Gasteiger partial charge in [-0.25, -0.2) is 4.98 Å². The molecular weight excluding hydrogens is 286 g/mol. The Morgan fingerprint density at radius 1 is 1.43 bits per heavy atom. The molecule has 0 saturated carbocycles. The van der Waals surface area contributed by atoms with Crippen molar-refractivity contribution in [2.24, 2.45) is 0 Å². The maximum Gasteiger partial charge on any atom is 0.271 e. The van der Waals surface area contributed by atoms with Crippen LogP contribution in [0.3, 0.4) is 0 Å². The Morgan fingerprint density at radius 2 is 2.22 bits per heavy atom. The number of nitrogens with zero attached hydrogens (tertiary/aromatic N) is 2. The molecule has 0 bridgehead atoms. The van der Waals surface area contributed by atoms with Gasteiger partial charge in [-0.3, -0.25) is 4.79 Å². The number of carbonyl (C=O) groups is 1. The summed E-state index contributed by atoms with van der Waals surface area (Å²) in [5.41, 5.74) is 3.30. The van der Waals surface area contributed by atoms with Crippen molar-refractivity contribution in [3.8, 4) is 0 Å². The minimum Gasteiger partial charge on any atom is -0.348 e. The van der Waals surface area contributed by atoms with Crippen molar-refractivity contribution in [2.45, 2.75) is 58.5 Å². The number of carbonyl (C=O) groups excluding carboxylic acids is 1. The third-order valence-corrected chi connectivity index (χ3v) is 4.84. The highest BCUT2D eigenvalue weighted by atomic mass is 16.2. The summed E-state index contributed by atoms with van der Waals surface area (Å²) in [5, 5.41) is 2.99.